The van der Waals surface area contributed by atoms with E-state index in [9.17, 15) is 4.79 Å². The number of hydrogen-bond donors (Lipinski definition) is 2. The first-order valence-corrected chi connectivity index (χ1v) is 10.5. The average Bonchev–Trinajstić information content (AvgIpc) is 2.83. The van der Waals surface area contributed by atoms with Crippen molar-refractivity contribution < 1.29 is 4.79 Å². The third-order valence-corrected chi connectivity index (χ3v) is 5.22. The molecule has 32 heavy (non-hydrogen) atoms. The first-order chi connectivity index (χ1) is 15.6. The number of carbonyl (C=O) groups is 1. The highest BCUT2D eigenvalue weighted by atomic mass is 16.1. The van der Waals surface area contributed by atoms with Gasteiger partial charge in [0.1, 0.15) is 5.82 Å². The molecule has 0 aliphatic carbocycles. The van der Waals surface area contributed by atoms with Gasteiger partial charge in [0.05, 0.1) is 5.69 Å². The second kappa shape index (κ2) is 9.94. The summed E-state index contributed by atoms with van der Waals surface area (Å²) in [6.07, 6.45) is 5.87. The van der Waals surface area contributed by atoms with Gasteiger partial charge in [-0.15, -0.1) is 0 Å². The van der Waals surface area contributed by atoms with Gasteiger partial charge in [0.25, 0.3) is 5.91 Å². The highest BCUT2D eigenvalue weighted by Crippen LogP contribution is 2.20. The van der Waals surface area contributed by atoms with Gasteiger partial charge in [0, 0.05) is 48.4 Å². The van der Waals surface area contributed by atoms with Crippen LogP contribution < -0.4 is 10.6 Å². The summed E-state index contributed by atoms with van der Waals surface area (Å²) in [5.41, 5.74) is 6.49. The molecule has 2 aromatic heterocycles. The summed E-state index contributed by atoms with van der Waals surface area (Å²) < 4.78 is 0. The normalized spacial score (nSPS) is 10.7. The Labute approximate surface area is 187 Å². The van der Waals surface area contributed by atoms with Crippen LogP contribution in [0.15, 0.2) is 79.3 Å². The molecule has 2 aromatic carbocycles. The zero-order valence-electron chi connectivity index (χ0n) is 18.2. The molecule has 6 nitrogen and oxygen atoms in total. The molecular weight excluding hydrogens is 398 g/mol. The largest absolute Gasteiger partial charge is 0.322 e. The van der Waals surface area contributed by atoms with E-state index in [1.54, 1.807) is 18.6 Å². The molecule has 0 aliphatic heterocycles. The summed E-state index contributed by atoms with van der Waals surface area (Å²) in [5.74, 6) is 0.587. The summed E-state index contributed by atoms with van der Waals surface area (Å²) in [7, 11) is 1.90. The lowest BCUT2D eigenvalue weighted by Crippen LogP contribution is -2.13. The Hall–Kier alpha value is -3.90. The van der Waals surface area contributed by atoms with Crippen LogP contribution in [0.3, 0.4) is 0 Å². The average molecular weight is 424 g/mol. The van der Waals surface area contributed by atoms with Crippen LogP contribution in [0.2, 0.25) is 0 Å². The standard InChI is InChI=1S/C26H25N5O/c1-18-5-10-23(30-26(32)20-8-6-19(7-9-20)16-27-2)14-22(18)15-25-29-13-11-24(31-25)21-4-3-12-28-17-21/h3-14,17,27H,15-16H2,1-2H3,(H,30,32). The number of amides is 1. The van der Waals surface area contributed by atoms with E-state index in [4.69, 9.17) is 4.98 Å². The Morgan fingerprint density at radius 2 is 1.84 bits per heavy atom. The molecule has 0 aliphatic rings. The lowest BCUT2D eigenvalue weighted by molar-refractivity contribution is 0.102. The number of nitrogens with one attached hydrogen (secondary N) is 2. The van der Waals surface area contributed by atoms with Gasteiger partial charge in [0.2, 0.25) is 0 Å². The minimum Gasteiger partial charge on any atom is -0.322 e. The molecule has 0 radical (unpaired) electrons. The van der Waals surface area contributed by atoms with Gasteiger partial charge in [-0.1, -0.05) is 18.2 Å². The molecule has 0 fully saturated rings. The van der Waals surface area contributed by atoms with Crippen molar-refractivity contribution in [2.24, 2.45) is 0 Å². The maximum atomic E-state index is 12.7. The maximum Gasteiger partial charge on any atom is 0.255 e. The molecular formula is C26H25N5O. The molecule has 0 bridgehead atoms. The zero-order chi connectivity index (χ0) is 22.3. The van der Waals surface area contributed by atoms with Crippen molar-refractivity contribution >= 4 is 11.6 Å². The second-order valence-corrected chi connectivity index (χ2v) is 7.60. The van der Waals surface area contributed by atoms with Crippen LogP contribution in [-0.4, -0.2) is 27.9 Å². The van der Waals surface area contributed by atoms with Crippen molar-refractivity contribution in [1.29, 1.82) is 0 Å². The van der Waals surface area contributed by atoms with Crippen molar-refractivity contribution in [1.82, 2.24) is 20.3 Å². The van der Waals surface area contributed by atoms with E-state index < -0.39 is 0 Å². The van der Waals surface area contributed by atoms with Gasteiger partial charge in [-0.3, -0.25) is 9.78 Å². The Kier molecular flexibility index (Phi) is 6.63. The van der Waals surface area contributed by atoms with E-state index in [1.165, 1.54) is 0 Å². The fourth-order valence-electron chi connectivity index (χ4n) is 3.45. The predicted molar refractivity (Wildman–Crippen MR) is 126 cm³/mol. The summed E-state index contributed by atoms with van der Waals surface area (Å²) >= 11 is 0. The van der Waals surface area contributed by atoms with Crippen LogP contribution in [0.1, 0.15) is 32.9 Å². The fraction of sp³-hybridized carbons (Fsp3) is 0.154. The van der Waals surface area contributed by atoms with Crippen molar-refractivity contribution in [2.45, 2.75) is 19.9 Å². The molecule has 0 saturated heterocycles. The quantitative estimate of drug-likeness (QED) is 0.460. The Morgan fingerprint density at radius 1 is 1.00 bits per heavy atom. The van der Waals surface area contributed by atoms with Gasteiger partial charge < -0.3 is 10.6 Å². The molecule has 2 N–H and O–H groups in total. The van der Waals surface area contributed by atoms with Crippen molar-refractivity contribution in [3.05, 3.63) is 107 Å². The van der Waals surface area contributed by atoms with Crippen LogP contribution in [0, 0.1) is 6.92 Å². The number of hydrogen-bond acceptors (Lipinski definition) is 5. The first-order valence-electron chi connectivity index (χ1n) is 10.5. The molecule has 1 amide bonds. The lowest BCUT2D eigenvalue weighted by atomic mass is 10.0. The molecule has 0 spiro atoms. The number of aromatic nitrogens is 3. The first kappa shape index (κ1) is 21.3. The van der Waals surface area contributed by atoms with Gasteiger partial charge in [-0.25, -0.2) is 9.97 Å². The van der Waals surface area contributed by atoms with Crippen LogP contribution >= 0.6 is 0 Å². The van der Waals surface area contributed by atoms with Crippen molar-refractivity contribution in [2.75, 3.05) is 12.4 Å². The maximum absolute atomic E-state index is 12.7. The highest BCUT2D eigenvalue weighted by molar-refractivity contribution is 6.04. The molecule has 160 valence electrons. The Morgan fingerprint density at radius 3 is 2.59 bits per heavy atom. The van der Waals surface area contributed by atoms with Crippen LogP contribution in [-0.2, 0) is 13.0 Å². The van der Waals surface area contributed by atoms with Gasteiger partial charge in [0.15, 0.2) is 0 Å². The molecule has 6 heteroatoms. The van der Waals surface area contributed by atoms with Crippen LogP contribution in [0.4, 0.5) is 5.69 Å². The third-order valence-electron chi connectivity index (χ3n) is 5.22. The molecule has 0 saturated carbocycles. The van der Waals surface area contributed by atoms with Crippen LogP contribution in [0.25, 0.3) is 11.3 Å². The summed E-state index contributed by atoms with van der Waals surface area (Å²) in [5, 5.41) is 6.10. The van der Waals surface area contributed by atoms with E-state index in [-0.39, 0.29) is 5.91 Å². The lowest BCUT2D eigenvalue weighted by Gasteiger charge is -2.11. The Bertz CT molecular complexity index is 1210. The monoisotopic (exact) mass is 423 g/mol. The van der Waals surface area contributed by atoms with E-state index in [0.717, 1.165) is 46.0 Å². The summed E-state index contributed by atoms with van der Waals surface area (Å²) in [4.78, 5) is 26.0. The van der Waals surface area contributed by atoms with Crippen molar-refractivity contribution in [3.8, 4) is 11.3 Å². The SMILES string of the molecule is CNCc1ccc(C(=O)Nc2ccc(C)c(Cc3nccc(-c4cccnc4)n3)c2)cc1. The number of pyridine rings is 1. The molecule has 4 aromatic rings. The van der Waals surface area contributed by atoms with Crippen molar-refractivity contribution in [3.63, 3.8) is 0 Å². The Balaban J connectivity index is 1.50. The van der Waals surface area contributed by atoms with E-state index in [1.807, 2.05) is 74.6 Å². The van der Waals surface area contributed by atoms with Crippen LogP contribution in [0.5, 0.6) is 0 Å². The topological polar surface area (TPSA) is 79.8 Å². The number of benzene rings is 2. The second-order valence-electron chi connectivity index (χ2n) is 7.60. The minimum atomic E-state index is -0.134. The number of anilines is 1. The number of nitrogens with zero attached hydrogens (tertiary/aromatic N) is 3. The molecule has 0 unspecified atom stereocenters. The van der Waals surface area contributed by atoms with E-state index in [2.05, 4.69) is 20.6 Å². The number of aryl methyl sites for hydroxylation is 1. The fourth-order valence-corrected chi connectivity index (χ4v) is 3.45. The highest BCUT2D eigenvalue weighted by Gasteiger charge is 2.10. The summed E-state index contributed by atoms with van der Waals surface area (Å²) in [6.45, 7) is 2.82. The molecule has 0 atom stereocenters. The molecule has 2 heterocycles. The minimum absolute atomic E-state index is 0.134. The van der Waals surface area contributed by atoms with Gasteiger partial charge >= 0.3 is 0 Å². The smallest absolute Gasteiger partial charge is 0.255 e. The van der Waals surface area contributed by atoms with Gasteiger partial charge in [-0.2, -0.15) is 0 Å². The third kappa shape index (κ3) is 5.22. The summed E-state index contributed by atoms with van der Waals surface area (Å²) in [6, 6.07) is 19.3. The molecule has 4 rings (SSSR count). The van der Waals surface area contributed by atoms with E-state index >= 15 is 0 Å². The van der Waals surface area contributed by atoms with E-state index in [0.29, 0.717) is 12.0 Å². The predicted octanol–water partition coefficient (Wildman–Crippen LogP) is 4.41. The number of rotatable bonds is 7. The number of carbonyl (C=O) groups excluding carboxylic acids is 1. The van der Waals surface area contributed by atoms with Gasteiger partial charge in [-0.05, 0) is 73.1 Å². The zero-order valence-corrected chi connectivity index (χ0v) is 18.2.